The maximum atomic E-state index is 12.7. The van der Waals surface area contributed by atoms with E-state index in [0.717, 1.165) is 11.1 Å². The molecule has 1 aromatic heterocycles. The van der Waals surface area contributed by atoms with Crippen molar-refractivity contribution in [2.75, 3.05) is 18.7 Å². The zero-order valence-electron chi connectivity index (χ0n) is 16.9. The smallest absolute Gasteiger partial charge is 0.257 e. The summed E-state index contributed by atoms with van der Waals surface area (Å²) < 4.78 is 11.4. The number of hydrogen-bond acceptors (Lipinski definition) is 6. The minimum Gasteiger partial charge on any atom is -0.493 e. The fourth-order valence-electron chi connectivity index (χ4n) is 3.54. The minimum atomic E-state index is -0.438. The number of methoxy groups -OCH3 is 1. The first-order valence-corrected chi connectivity index (χ1v) is 11.1. The Morgan fingerprint density at radius 2 is 2.03 bits per heavy atom. The number of carbonyl (C=O) groups excluding carboxylic acids is 1. The lowest BCUT2D eigenvalue weighted by atomic mass is 9.86. The number of benzene rings is 2. The van der Waals surface area contributed by atoms with Crippen molar-refractivity contribution in [1.29, 1.82) is 0 Å². The minimum absolute atomic E-state index is 0.141. The van der Waals surface area contributed by atoms with Crippen molar-refractivity contribution in [2.24, 2.45) is 0 Å². The average Bonchev–Trinajstić information content (AvgIpc) is 2.76. The Labute approximate surface area is 188 Å². The van der Waals surface area contributed by atoms with Crippen LogP contribution in [0.4, 0.5) is 5.82 Å². The van der Waals surface area contributed by atoms with Gasteiger partial charge in [0.05, 0.1) is 12.7 Å². The third kappa shape index (κ3) is 4.55. The molecule has 0 saturated carbocycles. The van der Waals surface area contributed by atoms with Crippen LogP contribution in [0, 0.1) is 0 Å². The maximum Gasteiger partial charge on any atom is 0.257 e. The van der Waals surface area contributed by atoms with Crippen molar-refractivity contribution in [3.8, 4) is 11.5 Å². The molecule has 1 atom stereocenters. The van der Waals surface area contributed by atoms with Crippen LogP contribution in [-0.2, 0) is 11.4 Å². The Morgan fingerprint density at radius 1 is 1.19 bits per heavy atom. The maximum absolute atomic E-state index is 12.7. The van der Waals surface area contributed by atoms with Gasteiger partial charge in [-0.15, -0.1) is 0 Å². The lowest BCUT2D eigenvalue weighted by Crippen LogP contribution is -2.31. The first-order chi connectivity index (χ1) is 15.0. The van der Waals surface area contributed by atoms with Crippen molar-refractivity contribution in [3.05, 3.63) is 74.5 Å². The van der Waals surface area contributed by atoms with E-state index < -0.39 is 5.92 Å². The van der Waals surface area contributed by atoms with Gasteiger partial charge in [-0.3, -0.25) is 9.59 Å². The highest BCUT2D eigenvalue weighted by atomic mass is 35.5. The van der Waals surface area contributed by atoms with Crippen LogP contribution in [0.2, 0.25) is 5.02 Å². The number of halogens is 1. The SMILES string of the molecule is COc1cc([C@@H]2CC(=O)Nc3nc(SC)[nH]c(=O)c32)ccc1OCc1cccc(Cl)c1. The van der Waals surface area contributed by atoms with E-state index >= 15 is 0 Å². The summed E-state index contributed by atoms with van der Waals surface area (Å²) in [4.78, 5) is 32.1. The van der Waals surface area contributed by atoms with Crippen molar-refractivity contribution in [2.45, 2.75) is 24.1 Å². The number of thioether (sulfide) groups is 1. The Hall–Kier alpha value is -2.97. The summed E-state index contributed by atoms with van der Waals surface area (Å²) in [5.74, 6) is 0.734. The molecule has 0 fully saturated rings. The molecule has 160 valence electrons. The van der Waals surface area contributed by atoms with Gasteiger partial charge in [0.1, 0.15) is 12.4 Å². The van der Waals surface area contributed by atoms with Crippen LogP contribution in [0.15, 0.2) is 52.4 Å². The molecule has 0 unspecified atom stereocenters. The van der Waals surface area contributed by atoms with Crippen molar-refractivity contribution in [1.82, 2.24) is 9.97 Å². The van der Waals surface area contributed by atoms with Crippen LogP contribution in [0.5, 0.6) is 11.5 Å². The van der Waals surface area contributed by atoms with E-state index in [-0.39, 0.29) is 17.9 Å². The molecule has 31 heavy (non-hydrogen) atoms. The number of rotatable bonds is 6. The monoisotopic (exact) mass is 457 g/mol. The molecule has 0 aliphatic carbocycles. The first-order valence-electron chi connectivity index (χ1n) is 9.51. The summed E-state index contributed by atoms with van der Waals surface area (Å²) in [6.07, 6.45) is 1.95. The number of fused-ring (bicyclic) bond motifs is 1. The van der Waals surface area contributed by atoms with Crippen molar-refractivity contribution in [3.63, 3.8) is 0 Å². The van der Waals surface area contributed by atoms with Gasteiger partial charge in [-0.1, -0.05) is 41.6 Å². The number of anilines is 1. The second-order valence-electron chi connectivity index (χ2n) is 6.97. The molecule has 7 nitrogen and oxygen atoms in total. The van der Waals surface area contributed by atoms with E-state index in [2.05, 4.69) is 15.3 Å². The molecule has 3 aromatic rings. The first kappa shape index (κ1) is 21.3. The number of ether oxygens (including phenoxy) is 2. The zero-order valence-corrected chi connectivity index (χ0v) is 18.5. The largest absolute Gasteiger partial charge is 0.493 e. The molecule has 1 aliphatic heterocycles. The van der Waals surface area contributed by atoms with Gasteiger partial charge in [0, 0.05) is 17.4 Å². The van der Waals surface area contributed by atoms with E-state index in [1.165, 1.54) is 11.8 Å². The van der Waals surface area contributed by atoms with Gasteiger partial charge < -0.3 is 19.8 Å². The number of carbonyl (C=O) groups is 1. The van der Waals surface area contributed by atoms with Gasteiger partial charge >= 0.3 is 0 Å². The van der Waals surface area contributed by atoms with Crippen LogP contribution in [0.25, 0.3) is 0 Å². The highest BCUT2D eigenvalue weighted by Gasteiger charge is 2.31. The number of aromatic nitrogens is 2. The number of aromatic amines is 1. The van der Waals surface area contributed by atoms with Crippen LogP contribution in [-0.4, -0.2) is 29.2 Å². The summed E-state index contributed by atoms with van der Waals surface area (Å²) >= 11 is 7.33. The second-order valence-corrected chi connectivity index (χ2v) is 8.20. The van der Waals surface area contributed by atoms with Crippen LogP contribution < -0.4 is 20.3 Å². The molecule has 2 N–H and O–H groups in total. The van der Waals surface area contributed by atoms with Gasteiger partial charge in [-0.25, -0.2) is 4.98 Å². The molecular formula is C22H20ClN3O4S. The molecule has 0 radical (unpaired) electrons. The molecular weight excluding hydrogens is 438 g/mol. The molecule has 9 heteroatoms. The molecule has 2 heterocycles. The Kier molecular flexibility index (Phi) is 6.20. The second kappa shape index (κ2) is 9.03. The topological polar surface area (TPSA) is 93.3 Å². The number of nitrogens with one attached hydrogen (secondary N) is 2. The quantitative estimate of drug-likeness (QED) is 0.425. The number of amides is 1. The van der Waals surface area contributed by atoms with Gasteiger partial charge in [0.2, 0.25) is 5.91 Å². The van der Waals surface area contributed by atoms with Crippen molar-refractivity contribution < 1.29 is 14.3 Å². The fourth-order valence-corrected chi connectivity index (χ4v) is 4.13. The fraction of sp³-hybridized carbons (Fsp3) is 0.227. The van der Waals surface area contributed by atoms with E-state index in [1.807, 2.05) is 24.3 Å². The molecule has 1 aliphatic rings. The molecule has 2 aromatic carbocycles. The van der Waals surface area contributed by atoms with E-state index in [9.17, 15) is 9.59 Å². The van der Waals surface area contributed by atoms with E-state index in [0.29, 0.717) is 39.7 Å². The van der Waals surface area contributed by atoms with Gasteiger partial charge in [-0.2, -0.15) is 0 Å². The summed E-state index contributed by atoms with van der Waals surface area (Å²) in [6, 6.07) is 12.8. The lowest BCUT2D eigenvalue weighted by Gasteiger charge is -2.25. The Morgan fingerprint density at radius 3 is 2.77 bits per heavy atom. The van der Waals surface area contributed by atoms with Crippen molar-refractivity contribution >= 4 is 35.1 Å². The van der Waals surface area contributed by atoms with Crippen LogP contribution in [0.3, 0.4) is 0 Å². The van der Waals surface area contributed by atoms with Gasteiger partial charge in [-0.05, 0) is 41.6 Å². The molecule has 0 spiro atoms. The molecule has 4 rings (SSSR count). The molecule has 0 saturated heterocycles. The summed E-state index contributed by atoms with van der Waals surface area (Å²) in [7, 11) is 1.55. The lowest BCUT2D eigenvalue weighted by molar-refractivity contribution is -0.116. The average molecular weight is 458 g/mol. The normalized spacial score (nSPS) is 15.2. The highest BCUT2D eigenvalue weighted by molar-refractivity contribution is 7.98. The zero-order chi connectivity index (χ0) is 22.0. The van der Waals surface area contributed by atoms with E-state index in [4.69, 9.17) is 21.1 Å². The van der Waals surface area contributed by atoms with Crippen LogP contribution in [0.1, 0.15) is 29.0 Å². The predicted molar refractivity (Wildman–Crippen MR) is 121 cm³/mol. The molecule has 1 amide bonds. The summed E-state index contributed by atoms with van der Waals surface area (Å²) in [5, 5.41) is 3.80. The number of hydrogen-bond donors (Lipinski definition) is 2. The Bertz CT molecular complexity index is 1200. The van der Waals surface area contributed by atoms with Crippen LogP contribution >= 0.6 is 23.4 Å². The van der Waals surface area contributed by atoms with Gasteiger partial charge in [0.25, 0.3) is 5.56 Å². The van der Waals surface area contributed by atoms with E-state index in [1.54, 1.807) is 31.6 Å². The van der Waals surface area contributed by atoms with Gasteiger partial charge in [0.15, 0.2) is 16.7 Å². The number of nitrogens with zero attached hydrogens (tertiary/aromatic N) is 1. The standard InChI is InChI=1S/C22H20ClN3O4S/c1-29-17-9-13(6-7-16(17)30-11-12-4-3-5-14(23)8-12)15-10-18(27)24-20-19(15)21(28)26-22(25-20)31-2/h3-9,15H,10-11H2,1-2H3,(H2,24,25,26,27,28)/t15-/m0/s1. The molecule has 0 bridgehead atoms. The number of H-pyrrole nitrogens is 1. The summed E-state index contributed by atoms with van der Waals surface area (Å²) in [5.41, 5.74) is 1.87. The Balaban J connectivity index is 1.65. The predicted octanol–water partition coefficient (Wildman–Crippen LogP) is 4.21. The third-order valence-corrected chi connectivity index (χ3v) is 5.81. The highest BCUT2D eigenvalue weighted by Crippen LogP contribution is 2.38. The third-order valence-electron chi connectivity index (χ3n) is 5.00. The summed E-state index contributed by atoms with van der Waals surface area (Å²) in [6.45, 7) is 0.325.